The molecule has 1 aromatic carbocycles. The van der Waals surface area contributed by atoms with Crippen LogP contribution < -0.4 is 16.2 Å². The Labute approximate surface area is 148 Å². The molecule has 2 aromatic rings. The normalized spacial score (nSPS) is 16.5. The van der Waals surface area contributed by atoms with Crippen LogP contribution in [-0.2, 0) is 11.3 Å². The van der Waals surface area contributed by atoms with Crippen LogP contribution in [0.25, 0.3) is 0 Å². The van der Waals surface area contributed by atoms with E-state index in [4.69, 9.17) is 5.84 Å². The number of carboxylic acid groups (broad SMARTS) is 1. The van der Waals surface area contributed by atoms with Gasteiger partial charge in [-0.05, 0) is 11.8 Å². The Morgan fingerprint density at radius 2 is 2.12 bits per heavy atom. The summed E-state index contributed by atoms with van der Waals surface area (Å²) in [5, 5.41) is 9.89. The third-order valence-electron chi connectivity index (χ3n) is 3.97. The zero-order chi connectivity index (χ0) is 18.0. The number of nitrogens with one attached hydrogen (secondary N) is 1. The number of benzene rings is 1. The number of hydrogen-bond acceptors (Lipinski definition) is 8. The van der Waals surface area contributed by atoms with E-state index in [1.165, 1.54) is 11.8 Å². The average molecular weight is 359 g/mol. The topological polar surface area (TPSA) is 121 Å². The number of aromatic nitrogens is 2. The molecule has 2 heterocycles. The van der Waals surface area contributed by atoms with Crippen molar-refractivity contribution in [2.45, 2.75) is 11.7 Å². The lowest BCUT2D eigenvalue weighted by atomic mass is 9.93. The van der Waals surface area contributed by atoms with Gasteiger partial charge in [0.1, 0.15) is 17.3 Å². The predicted molar refractivity (Wildman–Crippen MR) is 94.6 cm³/mol. The van der Waals surface area contributed by atoms with Crippen molar-refractivity contribution in [3.63, 3.8) is 0 Å². The molecule has 0 saturated heterocycles. The Kier molecular flexibility index (Phi) is 4.86. The SMILES string of the molecule is CSc1nc(NN)c2c(n1)N(Cc1ccccc1)CC(C(=O)O)C2=O. The zero-order valence-corrected chi connectivity index (χ0v) is 14.3. The van der Waals surface area contributed by atoms with Gasteiger partial charge in [0.25, 0.3) is 0 Å². The summed E-state index contributed by atoms with van der Waals surface area (Å²) in [6, 6.07) is 9.58. The van der Waals surface area contributed by atoms with Crippen LogP contribution in [-0.4, -0.2) is 39.6 Å². The van der Waals surface area contributed by atoms with Gasteiger partial charge in [-0.1, -0.05) is 42.1 Å². The highest BCUT2D eigenvalue weighted by Gasteiger charge is 2.40. The van der Waals surface area contributed by atoms with Crippen molar-refractivity contribution >= 4 is 35.2 Å². The van der Waals surface area contributed by atoms with Crippen LogP contribution in [0, 0.1) is 5.92 Å². The molecule has 0 amide bonds. The number of aliphatic carboxylic acids is 1. The van der Waals surface area contributed by atoms with E-state index in [1.807, 2.05) is 36.6 Å². The zero-order valence-electron chi connectivity index (χ0n) is 13.5. The number of carbonyl (C=O) groups is 2. The van der Waals surface area contributed by atoms with Gasteiger partial charge < -0.3 is 15.4 Å². The molecule has 130 valence electrons. The quantitative estimate of drug-likeness (QED) is 0.239. The highest BCUT2D eigenvalue weighted by molar-refractivity contribution is 7.98. The summed E-state index contributed by atoms with van der Waals surface area (Å²) in [5.41, 5.74) is 3.50. The van der Waals surface area contributed by atoms with Gasteiger partial charge in [-0.2, -0.15) is 0 Å². The van der Waals surface area contributed by atoms with Crippen molar-refractivity contribution in [2.24, 2.45) is 11.8 Å². The Morgan fingerprint density at radius 1 is 1.40 bits per heavy atom. The van der Waals surface area contributed by atoms with Crippen LogP contribution in [0.3, 0.4) is 0 Å². The standard InChI is InChI=1S/C16H17N5O3S/c1-25-16-18-13(20-17)11-12(22)10(15(23)24)8-21(14(11)19-16)7-9-5-3-2-4-6-9/h2-6,10H,7-8,17H2,1H3,(H,23,24)(H,18,19,20). The number of hydrazine groups is 1. The minimum Gasteiger partial charge on any atom is -0.481 e. The Bertz CT molecular complexity index is 815. The fraction of sp³-hybridized carbons (Fsp3) is 0.250. The molecule has 0 bridgehead atoms. The number of ketones is 1. The van der Waals surface area contributed by atoms with Crippen LogP contribution >= 0.6 is 11.8 Å². The van der Waals surface area contributed by atoms with E-state index in [-0.39, 0.29) is 17.9 Å². The van der Waals surface area contributed by atoms with Gasteiger partial charge in [0.15, 0.2) is 16.8 Å². The van der Waals surface area contributed by atoms with Gasteiger partial charge in [0.05, 0.1) is 0 Å². The summed E-state index contributed by atoms with van der Waals surface area (Å²) >= 11 is 1.32. The van der Waals surface area contributed by atoms with Crippen LogP contribution in [0.1, 0.15) is 15.9 Å². The second kappa shape index (κ2) is 7.08. The Balaban J connectivity index is 2.12. The van der Waals surface area contributed by atoms with Crippen LogP contribution in [0.2, 0.25) is 0 Å². The molecule has 8 nitrogen and oxygen atoms in total. The van der Waals surface area contributed by atoms with E-state index in [9.17, 15) is 14.7 Å². The molecule has 0 saturated carbocycles. The van der Waals surface area contributed by atoms with E-state index in [0.29, 0.717) is 17.5 Å². The van der Waals surface area contributed by atoms with Crippen molar-refractivity contribution in [3.8, 4) is 0 Å². The lowest BCUT2D eigenvalue weighted by Gasteiger charge is -2.33. The molecule has 4 N–H and O–H groups in total. The molecule has 0 radical (unpaired) electrons. The number of anilines is 2. The van der Waals surface area contributed by atoms with E-state index in [1.54, 1.807) is 4.90 Å². The number of nitrogens with two attached hydrogens (primary N) is 1. The first-order valence-electron chi connectivity index (χ1n) is 7.53. The van der Waals surface area contributed by atoms with Crippen molar-refractivity contribution in [1.82, 2.24) is 9.97 Å². The fourth-order valence-electron chi connectivity index (χ4n) is 2.78. The summed E-state index contributed by atoms with van der Waals surface area (Å²) in [6.07, 6.45) is 1.81. The number of nitrogen functional groups attached to an aromatic ring is 1. The van der Waals surface area contributed by atoms with Gasteiger partial charge in [0, 0.05) is 13.1 Å². The summed E-state index contributed by atoms with van der Waals surface area (Å²) < 4.78 is 0. The first-order chi connectivity index (χ1) is 12.0. The lowest BCUT2D eigenvalue weighted by Crippen LogP contribution is -2.44. The van der Waals surface area contributed by atoms with Gasteiger partial charge >= 0.3 is 5.97 Å². The first-order valence-corrected chi connectivity index (χ1v) is 8.76. The molecule has 1 atom stereocenters. The smallest absolute Gasteiger partial charge is 0.316 e. The van der Waals surface area contributed by atoms with E-state index >= 15 is 0 Å². The minimum absolute atomic E-state index is 0.0465. The molecular weight excluding hydrogens is 342 g/mol. The first kappa shape index (κ1) is 17.2. The van der Waals surface area contributed by atoms with Gasteiger partial charge in [0.2, 0.25) is 0 Å². The number of carboxylic acids is 1. The Morgan fingerprint density at radius 3 is 2.72 bits per heavy atom. The van der Waals surface area contributed by atoms with Gasteiger partial charge in [-0.3, -0.25) is 9.59 Å². The van der Waals surface area contributed by atoms with Gasteiger partial charge in [-0.15, -0.1) is 0 Å². The fourth-order valence-corrected chi connectivity index (χ4v) is 3.14. The highest BCUT2D eigenvalue weighted by Crippen LogP contribution is 2.34. The number of Topliss-reactive ketones (excluding diaryl/α,β-unsaturated/α-hetero) is 1. The lowest BCUT2D eigenvalue weighted by molar-refractivity contribution is -0.139. The number of thioether (sulfide) groups is 1. The molecule has 1 aromatic heterocycles. The molecule has 0 fully saturated rings. The molecule has 1 aliphatic rings. The van der Waals surface area contributed by atoms with Crippen molar-refractivity contribution < 1.29 is 14.7 Å². The number of fused-ring (bicyclic) bond motifs is 1. The van der Waals surface area contributed by atoms with Crippen LogP contribution in [0.15, 0.2) is 35.5 Å². The molecule has 0 aliphatic carbocycles. The maximum absolute atomic E-state index is 12.6. The second-order valence-corrected chi connectivity index (χ2v) is 6.30. The molecule has 25 heavy (non-hydrogen) atoms. The minimum atomic E-state index is -1.19. The summed E-state index contributed by atoms with van der Waals surface area (Å²) in [4.78, 5) is 34.6. The average Bonchev–Trinajstić information content (AvgIpc) is 2.63. The number of rotatable bonds is 5. The number of hydrogen-bond donors (Lipinski definition) is 3. The van der Waals surface area contributed by atoms with E-state index in [2.05, 4.69) is 15.4 Å². The van der Waals surface area contributed by atoms with E-state index in [0.717, 1.165) is 5.56 Å². The van der Waals surface area contributed by atoms with Gasteiger partial charge in [-0.25, -0.2) is 15.8 Å². The molecule has 9 heteroatoms. The maximum Gasteiger partial charge on any atom is 0.316 e. The second-order valence-electron chi connectivity index (χ2n) is 5.52. The van der Waals surface area contributed by atoms with Crippen LogP contribution in [0.4, 0.5) is 11.6 Å². The van der Waals surface area contributed by atoms with Crippen LogP contribution in [0.5, 0.6) is 0 Å². The largest absolute Gasteiger partial charge is 0.481 e. The number of nitrogens with zero attached hydrogens (tertiary/aromatic N) is 3. The third-order valence-corrected chi connectivity index (χ3v) is 4.52. The van der Waals surface area contributed by atoms with E-state index < -0.39 is 17.7 Å². The monoisotopic (exact) mass is 359 g/mol. The van der Waals surface area contributed by atoms with Crippen molar-refractivity contribution in [3.05, 3.63) is 41.5 Å². The van der Waals surface area contributed by atoms with Crippen molar-refractivity contribution in [2.75, 3.05) is 23.1 Å². The molecule has 1 unspecified atom stereocenters. The number of carbonyl (C=O) groups excluding carboxylic acids is 1. The highest BCUT2D eigenvalue weighted by atomic mass is 32.2. The predicted octanol–water partition coefficient (Wildman–Crippen LogP) is 1.39. The summed E-state index contributed by atoms with van der Waals surface area (Å²) in [5.74, 6) is 3.16. The summed E-state index contributed by atoms with van der Waals surface area (Å²) in [6.45, 7) is 0.477. The Hall–Kier alpha value is -2.65. The molecular formula is C16H17N5O3S. The maximum atomic E-state index is 12.6. The third kappa shape index (κ3) is 3.28. The summed E-state index contributed by atoms with van der Waals surface area (Å²) in [7, 11) is 0. The molecule has 3 rings (SSSR count). The van der Waals surface area contributed by atoms with Crippen molar-refractivity contribution in [1.29, 1.82) is 0 Å². The molecule has 0 spiro atoms. The molecule has 1 aliphatic heterocycles.